The number of aliphatic hydroxyl groups excluding tert-OH is 1. The molecule has 0 aliphatic heterocycles. The molecule has 2 atom stereocenters. The Morgan fingerprint density at radius 2 is 2.17 bits per heavy atom. The minimum Gasteiger partial charge on any atom is -0.393 e. The van der Waals surface area contributed by atoms with Gasteiger partial charge >= 0.3 is 0 Å². The van der Waals surface area contributed by atoms with Crippen molar-refractivity contribution in [1.29, 1.82) is 5.26 Å². The number of nitriles is 1. The first kappa shape index (κ1) is 14.6. The van der Waals surface area contributed by atoms with Crippen LogP contribution < -0.4 is 4.72 Å². The van der Waals surface area contributed by atoms with Crippen LogP contribution in [0.3, 0.4) is 0 Å². The van der Waals surface area contributed by atoms with E-state index in [0.717, 1.165) is 6.20 Å². The maximum atomic E-state index is 11.9. The van der Waals surface area contributed by atoms with Crippen molar-refractivity contribution >= 4 is 10.0 Å². The number of pyridine rings is 1. The number of nitrogens with one attached hydrogen (secondary N) is 1. The van der Waals surface area contributed by atoms with Crippen LogP contribution in [0.1, 0.15) is 26.0 Å². The van der Waals surface area contributed by atoms with Gasteiger partial charge < -0.3 is 5.11 Å². The standard InChI is InChI=1S/C11H15N3O3S/c1-8(5-9(2)15)14-18(16,17)11-4-3-10(6-12)13-7-11/h3-4,7-9,14-15H,5H2,1-2H3. The summed E-state index contributed by atoms with van der Waals surface area (Å²) in [6, 6.07) is 4.09. The lowest BCUT2D eigenvalue weighted by Gasteiger charge is -2.15. The largest absolute Gasteiger partial charge is 0.393 e. The predicted molar refractivity (Wildman–Crippen MR) is 65.0 cm³/mol. The van der Waals surface area contributed by atoms with Crippen LogP contribution in [0.2, 0.25) is 0 Å². The van der Waals surface area contributed by atoms with E-state index in [2.05, 4.69) is 9.71 Å². The van der Waals surface area contributed by atoms with Crippen LogP contribution in [-0.4, -0.2) is 30.7 Å². The van der Waals surface area contributed by atoms with Crippen molar-refractivity contribution in [2.75, 3.05) is 0 Å². The smallest absolute Gasteiger partial charge is 0.242 e. The van der Waals surface area contributed by atoms with Crippen molar-refractivity contribution in [2.24, 2.45) is 0 Å². The summed E-state index contributed by atoms with van der Waals surface area (Å²) in [7, 11) is -3.66. The molecule has 0 saturated heterocycles. The number of aromatic nitrogens is 1. The van der Waals surface area contributed by atoms with E-state index >= 15 is 0 Å². The van der Waals surface area contributed by atoms with Crippen molar-refractivity contribution in [3.05, 3.63) is 24.0 Å². The van der Waals surface area contributed by atoms with Crippen LogP contribution in [0.5, 0.6) is 0 Å². The highest BCUT2D eigenvalue weighted by Crippen LogP contribution is 2.09. The third kappa shape index (κ3) is 4.07. The third-order valence-corrected chi connectivity index (χ3v) is 3.79. The van der Waals surface area contributed by atoms with Crippen LogP contribution in [0.4, 0.5) is 0 Å². The molecule has 1 aromatic rings. The Hall–Kier alpha value is -1.49. The van der Waals surface area contributed by atoms with Crippen molar-refractivity contribution in [3.63, 3.8) is 0 Å². The maximum absolute atomic E-state index is 11.9. The van der Waals surface area contributed by atoms with Crippen LogP contribution in [0.15, 0.2) is 23.2 Å². The van der Waals surface area contributed by atoms with Gasteiger partial charge in [-0.2, -0.15) is 5.26 Å². The van der Waals surface area contributed by atoms with Crippen LogP contribution >= 0.6 is 0 Å². The predicted octanol–water partition coefficient (Wildman–Crippen LogP) is 0.391. The summed E-state index contributed by atoms with van der Waals surface area (Å²) < 4.78 is 26.2. The number of hydrogen-bond donors (Lipinski definition) is 2. The second-order valence-electron chi connectivity index (χ2n) is 4.10. The molecule has 2 unspecified atom stereocenters. The lowest BCUT2D eigenvalue weighted by molar-refractivity contribution is 0.175. The number of hydrogen-bond acceptors (Lipinski definition) is 5. The fourth-order valence-corrected chi connectivity index (χ4v) is 2.70. The average molecular weight is 269 g/mol. The number of nitrogens with zero attached hydrogens (tertiary/aromatic N) is 2. The summed E-state index contributed by atoms with van der Waals surface area (Å²) in [4.78, 5) is 3.70. The van der Waals surface area contributed by atoms with Crippen molar-refractivity contribution in [2.45, 2.75) is 37.3 Å². The molecule has 0 bridgehead atoms. The van der Waals surface area contributed by atoms with Gasteiger partial charge in [-0.05, 0) is 32.4 Å². The molecule has 18 heavy (non-hydrogen) atoms. The van der Waals surface area contributed by atoms with Crippen LogP contribution in [0.25, 0.3) is 0 Å². The molecule has 1 aromatic heterocycles. The molecular formula is C11H15N3O3S. The van der Waals surface area contributed by atoms with Gasteiger partial charge in [0.2, 0.25) is 10.0 Å². The van der Waals surface area contributed by atoms with E-state index in [1.165, 1.54) is 12.1 Å². The Kier molecular flexibility index (Phi) is 4.78. The van der Waals surface area contributed by atoms with Gasteiger partial charge in [0.05, 0.1) is 6.10 Å². The first-order chi connectivity index (χ1) is 8.35. The highest BCUT2D eigenvalue weighted by atomic mass is 32.2. The molecule has 0 aliphatic carbocycles. The molecule has 0 spiro atoms. The second kappa shape index (κ2) is 5.91. The zero-order chi connectivity index (χ0) is 13.8. The number of rotatable bonds is 5. The fourth-order valence-electron chi connectivity index (χ4n) is 1.50. The van der Waals surface area contributed by atoms with Gasteiger partial charge in [0.25, 0.3) is 0 Å². The minimum absolute atomic E-state index is 0.000979. The highest BCUT2D eigenvalue weighted by Gasteiger charge is 2.18. The number of aliphatic hydroxyl groups is 1. The lowest BCUT2D eigenvalue weighted by Crippen LogP contribution is -2.34. The summed E-state index contributed by atoms with van der Waals surface area (Å²) in [5.74, 6) is 0. The van der Waals surface area contributed by atoms with Gasteiger partial charge in [-0.15, -0.1) is 0 Å². The summed E-state index contributed by atoms with van der Waals surface area (Å²) in [5.41, 5.74) is 0.158. The Morgan fingerprint density at radius 3 is 2.61 bits per heavy atom. The molecule has 2 N–H and O–H groups in total. The molecule has 0 aliphatic rings. The van der Waals surface area contributed by atoms with Gasteiger partial charge in [0, 0.05) is 12.2 Å². The van der Waals surface area contributed by atoms with Gasteiger partial charge in [-0.1, -0.05) is 0 Å². The molecule has 1 heterocycles. The lowest BCUT2D eigenvalue weighted by atomic mass is 10.2. The van der Waals surface area contributed by atoms with E-state index in [1.54, 1.807) is 13.8 Å². The number of sulfonamides is 1. The van der Waals surface area contributed by atoms with E-state index in [0.29, 0.717) is 6.42 Å². The molecule has 7 heteroatoms. The van der Waals surface area contributed by atoms with E-state index < -0.39 is 16.1 Å². The molecule has 6 nitrogen and oxygen atoms in total. The summed E-state index contributed by atoms with van der Waals surface area (Å²) in [5, 5.41) is 17.7. The SMILES string of the molecule is CC(O)CC(C)NS(=O)(=O)c1ccc(C#N)nc1. The first-order valence-corrected chi connectivity index (χ1v) is 6.90. The van der Waals surface area contributed by atoms with Crippen molar-refractivity contribution < 1.29 is 13.5 Å². The summed E-state index contributed by atoms with van der Waals surface area (Å²) in [6.45, 7) is 3.26. The van der Waals surface area contributed by atoms with Gasteiger partial charge in [-0.3, -0.25) is 0 Å². The van der Waals surface area contributed by atoms with Gasteiger partial charge in [0.15, 0.2) is 0 Å². The van der Waals surface area contributed by atoms with Crippen LogP contribution in [0, 0.1) is 11.3 Å². The normalized spacial score (nSPS) is 14.8. The fraction of sp³-hybridized carbons (Fsp3) is 0.455. The summed E-state index contributed by atoms with van der Waals surface area (Å²) in [6.07, 6.45) is 0.876. The Morgan fingerprint density at radius 1 is 1.50 bits per heavy atom. The average Bonchev–Trinajstić information content (AvgIpc) is 2.27. The molecule has 0 aromatic carbocycles. The van der Waals surface area contributed by atoms with E-state index in [4.69, 9.17) is 5.26 Å². The molecule has 0 fully saturated rings. The topological polar surface area (TPSA) is 103 Å². The molecule has 1 rings (SSSR count). The van der Waals surface area contributed by atoms with E-state index in [-0.39, 0.29) is 16.6 Å². The molecular weight excluding hydrogens is 254 g/mol. The highest BCUT2D eigenvalue weighted by molar-refractivity contribution is 7.89. The zero-order valence-corrected chi connectivity index (χ0v) is 11.0. The Balaban J connectivity index is 2.83. The van der Waals surface area contributed by atoms with Gasteiger partial charge in [0.1, 0.15) is 16.7 Å². The van der Waals surface area contributed by atoms with Gasteiger partial charge in [-0.25, -0.2) is 18.1 Å². The minimum atomic E-state index is -3.66. The first-order valence-electron chi connectivity index (χ1n) is 5.41. The summed E-state index contributed by atoms with van der Waals surface area (Å²) >= 11 is 0. The van der Waals surface area contributed by atoms with E-state index in [1.807, 2.05) is 6.07 Å². The molecule has 0 amide bonds. The second-order valence-corrected chi connectivity index (χ2v) is 5.81. The molecule has 98 valence electrons. The van der Waals surface area contributed by atoms with E-state index in [9.17, 15) is 13.5 Å². The quantitative estimate of drug-likeness (QED) is 0.805. The van der Waals surface area contributed by atoms with Crippen molar-refractivity contribution in [3.8, 4) is 6.07 Å². The molecule has 0 saturated carbocycles. The Labute approximate surface area is 106 Å². The van der Waals surface area contributed by atoms with Crippen molar-refractivity contribution in [1.82, 2.24) is 9.71 Å². The monoisotopic (exact) mass is 269 g/mol. The third-order valence-electron chi connectivity index (χ3n) is 2.21. The molecule has 0 radical (unpaired) electrons. The zero-order valence-electron chi connectivity index (χ0n) is 10.2. The Bertz CT molecular complexity index is 532. The van der Waals surface area contributed by atoms with Crippen LogP contribution in [-0.2, 0) is 10.0 Å². The maximum Gasteiger partial charge on any atom is 0.242 e.